The van der Waals surface area contributed by atoms with Gasteiger partial charge >= 0.3 is 6.18 Å². The van der Waals surface area contributed by atoms with Gasteiger partial charge in [-0.3, -0.25) is 9.59 Å². The maximum Gasteiger partial charge on any atom is 0.433 e. The van der Waals surface area contributed by atoms with Gasteiger partial charge in [0.05, 0.1) is 26.9 Å². The molecule has 3 aromatic rings. The number of amides is 1. The quantitative estimate of drug-likeness (QED) is 0.349. The Balaban J connectivity index is 1.68. The highest BCUT2D eigenvalue weighted by Gasteiger charge is 2.34. The van der Waals surface area contributed by atoms with E-state index in [9.17, 15) is 27.6 Å². The van der Waals surface area contributed by atoms with E-state index in [1.54, 1.807) is 11.8 Å². The average molecular weight is 554 g/mol. The number of aromatic nitrogens is 2. The van der Waals surface area contributed by atoms with Gasteiger partial charge in [-0.05, 0) is 62.4 Å². The summed E-state index contributed by atoms with van der Waals surface area (Å²) < 4.78 is 41.1. The third kappa shape index (κ3) is 5.25. The molecule has 0 atom stereocenters. The van der Waals surface area contributed by atoms with Gasteiger partial charge in [0.25, 0.3) is 5.91 Å². The first-order valence-corrected chi connectivity index (χ1v) is 12.4. The summed E-state index contributed by atoms with van der Waals surface area (Å²) in [6.07, 6.45) is -2.80. The van der Waals surface area contributed by atoms with E-state index in [0.29, 0.717) is 43.3 Å². The second kappa shape index (κ2) is 10.1. The van der Waals surface area contributed by atoms with Crippen LogP contribution in [-0.4, -0.2) is 45.0 Å². The predicted octanol–water partition coefficient (Wildman–Crippen LogP) is 6.27. The number of likely N-dealkylation sites (tertiary alicyclic amines) is 1. The van der Waals surface area contributed by atoms with Crippen LogP contribution in [0.3, 0.4) is 0 Å². The zero-order valence-corrected chi connectivity index (χ0v) is 21.9. The minimum atomic E-state index is -4.64. The number of fused-ring (bicyclic) bond motifs is 1. The van der Waals surface area contributed by atoms with Crippen molar-refractivity contribution >= 4 is 51.7 Å². The van der Waals surface area contributed by atoms with Crippen LogP contribution in [0.1, 0.15) is 63.9 Å². The van der Waals surface area contributed by atoms with Gasteiger partial charge in [0.15, 0.2) is 0 Å². The number of alkyl halides is 3. The molecule has 1 fully saturated rings. The fourth-order valence-corrected chi connectivity index (χ4v) is 5.40. The number of carbonyl (C=O) groups is 3. The van der Waals surface area contributed by atoms with Gasteiger partial charge in [0, 0.05) is 31.9 Å². The smallest absolute Gasteiger partial charge is 0.339 e. The summed E-state index contributed by atoms with van der Waals surface area (Å²) >= 11 is 12.9. The molecule has 6 nitrogen and oxygen atoms in total. The minimum Gasteiger partial charge on any atom is -0.339 e. The van der Waals surface area contributed by atoms with Gasteiger partial charge < -0.3 is 14.3 Å². The molecule has 0 aliphatic carbocycles. The fourth-order valence-electron chi connectivity index (χ4n) is 4.78. The number of hydrogen-bond acceptors (Lipinski definition) is 4. The molecule has 0 saturated carbocycles. The van der Waals surface area contributed by atoms with Gasteiger partial charge in [-0.15, -0.1) is 0 Å². The molecule has 0 bridgehead atoms. The Morgan fingerprint density at radius 1 is 1.11 bits per heavy atom. The molecule has 0 spiro atoms. The third-order valence-corrected chi connectivity index (χ3v) is 7.46. The molecule has 1 saturated heterocycles. The molecule has 1 aliphatic heterocycles. The molecule has 11 heteroatoms. The van der Waals surface area contributed by atoms with Gasteiger partial charge in [0.2, 0.25) is 5.78 Å². The van der Waals surface area contributed by atoms with Gasteiger partial charge in [-0.1, -0.05) is 23.2 Å². The van der Waals surface area contributed by atoms with Crippen molar-refractivity contribution in [2.45, 2.75) is 39.3 Å². The Morgan fingerprint density at radius 2 is 1.76 bits per heavy atom. The molecule has 196 valence electrons. The van der Waals surface area contributed by atoms with Crippen molar-refractivity contribution in [1.82, 2.24) is 14.5 Å². The number of nitrogens with zero attached hydrogens (tertiary/aromatic N) is 3. The lowest BCUT2D eigenvalue weighted by atomic mass is 9.91. The van der Waals surface area contributed by atoms with Crippen LogP contribution in [0.2, 0.25) is 10.0 Å². The lowest BCUT2D eigenvalue weighted by Crippen LogP contribution is -2.39. The fraction of sp³-hybridized carbons (Fsp3) is 0.385. The first kappa shape index (κ1) is 27.1. The molecule has 1 aliphatic rings. The second-order valence-electron chi connectivity index (χ2n) is 9.40. The number of ketones is 2. The van der Waals surface area contributed by atoms with Crippen molar-refractivity contribution in [1.29, 1.82) is 0 Å². The van der Waals surface area contributed by atoms with E-state index < -0.39 is 17.7 Å². The molecule has 0 unspecified atom stereocenters. The zero-order chi connectivity index (χ0) is 27.2. The highest BCUT2D eigenvalue weighted by molar-refractivity contribution is 6.42. The molecule has 3 heterocycles. The van der Waals surface area contributed by atoms with Crippen LogP contribution in [0, 0.1) is 12.8 Å². The Bertz CT molecular complexity index is 1420. The van der Waals surface area contributed by atoms with Crippen molar-refractivity contribution in [3.63, 3.8) is 0 Å². The number of pyridine rings is 1. The summed E-state index contributed by atoms with van der Waals surface area (Å²) in [6.45, 7) is 3.96. The topological polar surface area (TPSA) is 72.3 Å². The molecular weight excluding hydrogens is 530 g/mol. The summed E-state index contributed by atoms with van der Waals surface area (Å²) in [6, 6.07) is 5.23. The molecule has 1 aromatic carbocycles. The summed E-state index contributed by atoms with van der Waals surface area (Å²) in [5.41, 5.74) is -0.742. The molecule has 0 radical (unpaired) electrons. The predicted molar refractivity (Wildman–Crippen MR) is 134 cm³/mol. The lowest BCUT2D eigenvalue weighted by Gasteiger charge is -2.32. The average Bonchev–Trinajstić information content (AvgIpc) is 3.15. The number of Topliss-reactive ketones (excluding diaryl/α,β-unsaturated/α-hetero) is 1. The number of benzene rings is 1. The normalized spacial score (nSPS) is 14.9. The van der Waals surface area contributed by atoms with Gasteiger partial charge in [-0.25, -0.2) is 4.98 Å². The van der Waals surface area contributed by atoms with E-state index in [4.69, 9.17) is 23.2 Å². The van der Waals surface area contributed by atoms with E-state index >= 15 is 0 Å². The highest BCUT2D eigenvalue weighted by Crippen LogP contribution is 2.35. The third-order valence-electron chi connectivity index (χ3n) is 6.75. The van der Waals surface area contributed by atoms with E-state index in [1.165, 1.54) is 36.7 Å². The zero-order valence-electron chi connectivity index (χ0n) is 20.4. The SMILES string of the molecule is CC(=O)CC1CCN(C(=O)c2ccc(Cl)c(C(=O)c3cc4c(C)cc(C(F)(F)F)nc4n3C)c2Cl)CC1. The molecule has 1 amide bonds. The number of halogens is 5. The van der Waals surface area contributed by atoms with Crippen LogP contribution in [0.4, 0.5) is 13.2 Å². The van der Waals surface area contributed by atoms with Crippen LogP contribution >= 0.6 is 23.2 Å². The van der Waals surface area contributed by atoms with Crippen LogP contribution in [0.5, 0.6) is 0 Å². The standard InChI is InChI=1S/C26H24Cl2F3N3O3/c1-13-10-20(26(29,30)31)32-24-17(13)12-19(33(24)3)23(36)21-18(27)5-4-16(22(21)28)25(37)34-8-6-15(7-9-34)11-14(2)35/h4-5,10,12,15H,6-9,11H2,1-3H3. The van der Waals surface area contributed by atoms with Crippen molar-refractivity contribution in [3.8, 4) is 0 Å². The first-order chi connectivity index (χ1) is 17.3. The number of carbonyl (C=O) groups excluding carboxylic acids is 3. The molecule has 4 rings (SSSR count). The van der Waals surface area contributed by atoms with E-state index in [0.717, 1.165) is 6.07 Å². The molecule has 0 N–H and O–H groups in total. The highest BCUT2D eigenvalue weighted by atomic mass is 35.5. The second-order valence-corrected chi connectivity index (χ2v) is 10.2. The Morgan fingerprint density at radius 3 is 2.35 bits per heavy atom. The van der Waals surface area contributed by atoms with Crippen LogP contribution in [-0.2, 0) is 18.0 Å². The van der Waals surface area contributed by atoms with Crippen molar-refractivity contribution in [3.05, 3.63) is 62.4 Å². The minimum absolute atomic E-state index is 0.0106. The van der Waals surface area contributed by atoms with Crippen molar-refractivity contribution in [2.75, 3.05) is 13.1 Å². The maximum atomic E-state index is 13.6. The van der Waals surface area contributed by atoms with Crippen LogP contribution in [0.25, 0.3) is 11.0 Å². The van der Waals surface area contributed by atoms with E-state index in [1.807, 2.05) is 0 Å². The maximum absolute atomic E-state index is 13.6. The monoisotopic (exact) mass is 553 g/mol. The van der Waals surface area contributed by atoms with Crippen LogP contribution in [0.15, 0.2) is 24.3 Å². The summed E-state index contributed by atoms with van der Waals surface area (Å²) in [5, 5.41) is 0.267. The van der Waals surface area contributed by atoms with Gasteiger partial charge in [0.1, 0.15) is 17.1 Å². The van der Waals surface area contributed by atoms with Crippen molar-refractivity contribution < 1.29 is 27.6 Å². The van der Waals surface area contributed by atoms with Crippen LogP contribution < -0.4 is 0 Å². The van der Waals surface area contributed by atoms with E-state index in [-0.39, 0.29) is 50.1 Å². The number of piperidine rings is 1. The lowest BCUT2D eigenvalue weighted by molar-refractivity contribution is -0.141. The van der Waals surface area contributed by atoms with E-state index in [2.05, 4.69) is 4.98 Å². The largest absolute Gasteiger partial charge is 0.433 e. The summed E-state index contributed by atoms with van der Waals surface area (Å²) in [4.78, 5) is 43.6. The Labute approximate surface area is 221 Å². The first-order valence-electron chi connectivity index (χ1n) is 11.6. The van der Waals surface area contributed by atoms with Gasteiger partial charge in [-0.2, -0.15) is 13.2 Å². The number of aryl methyl sites for hydroxylation is 2. The molecular formula is C26H24Cl2F3N3O3. The molecule has 37 heavy (non-hydrogen) atoms. The summed E-state index contributed by atoms with van der Waals surface area (Å²) in [7, 11) is 1.43. The Hall–Kier alpha value is -2.91. The molecule has 2 aromatic heterocycles. The Kier molecular flexibility index (Phi) is 7.41. The number of hydrogen-bond donors (Lipinski definition) is 0. The summed E-state index contributed by atoms with van der Waals surface area (Å²) in [5.74, 6) is -0.664. The van der Waals surface area contributed by atoms with Crippen molar-refractivity contribution in [2.24, 2.45) is 13.0 Å². The number of rotatable bonds is 5.